The molecule has 0 atom stereocenters. The Hall–Kier alpha value is -2.10. The van der Waals surface area contributed by atoms with Crippen molar-refractivity contribution in [1.82, 2.24) is 20.2 Å². The highest BCUT2D eigenvalue weighted by Gasteiger charge is 2.09. The molecule has 3 rings (SSSR count). The maximum atomic E-state index is 4.52. The van der Waals surface area contributed by atoms with Crippen molar-refractivity contribution in [1.29, 1.82) is 0 Å². The molecule has 4 nitrogen and oxygen atoms in total. The number of fused-ring (bicyclic) bond motifs is 1. The number of hydrogen-bond donors (Lipinski definition) is 2. The summed E-state index contributed by atoms with van der Waals surface area (Å²) in [5.74, 6) is 2.26. The lowest BCUT2D eigenvalue weighted by Crippen LogP contribution is -1.95. The van der Waals surface area contributed by atoms with Crippen molar-refractivity contribution in [2.24, 2.45) is 5.92 Å². The first-order chi connectivity index (χ1) is 8.72. The fourth-order valence-electron chi connectivity index (χ4n) is 2.09. The van der Waals surface area contributed by atoms with Gasteiger partial charge in [0.25, 0.3) is 0 Å². The lowest BCUT2D eigenvalue weighted by atomic mass is 10.1. The summed E-state index contributed by atoms with van der Waals surface area (Å²) in [6, 6.07) is 10.3. The number of nitrogens with zero attached hydrogens (tertiary/aromatic N) is 2. The van der Waals surface area contributed by atoms with Gasteiger partial charge in [0.05, 0.1) is 5.69 Å². The maximum absolute atomic E-state index is 4.52. The van der Waals surface area contributed by atoms with Crippen molar-refractivity contribution >= 4 is 10.9 Å². The molecule has 2 aromatic heterocycles. The second-order valence-electron chi connectivity index (χ2n) is 4.97. The van der Waals surface area contributed by atoms with Crippen molar-refractivity contribution < 1.29 is 0 Å². The molecule has 0 unspecified atom stereocenters. The lowest BCUT2D eigenvalue weighted by Gasteiger charge is -1.97. The molecule has 4 heteroatoms. The zero-order valence-electron chi connectivity index (χ0n) is 10.6. The molecule has 2 heterocycles. The molecule has 0 aliphatic heterocycles. The number of hydrogen-bond acceptors (Lipinski definition) is 2. The van der Waals surface area contributed by atoms with Crippen LogP contribution >= 0.6 is 0 Å². The van der Waals surface area contributed by atoms with Gasteiger partial charge in [-0.05, 0) is 18.1 Å². The van der Waals surface area contributed by atoms with Gasteiger partial charge in [-0.15, -0.1) is 0 Å². The maximum Gasteiger partial charge on any atom is 0.197 e. The van der Waals surface area contributed by atoms with Crippen LogP contribution in [0, 0.1) is 5.92 Å². The van der Waals surface area contributed by atoms with Crippen molar-refractivity contribution in [2.75, 3.05) is 0 Å². The Bertz CT molecular complexity index is 630. The lowest BCUT2D eigenvalue weighted by molar-refractivity contribution is 0.622. The molecule has 0 saturated heterocycles. The molecule has 0 radical (unpaired) electrons. The topological polar surface area (TPSA) is 57.4 Å². The van der Waals surface area contributed by atoms with Gasteiger partial charge in [0.15, 0.2) is 5.82 Å². The van der Waals surface area contributed by atoms with E-state index in [-0.39, 0.29) is 0 Å². The molecule has 1 aromatic carbocycles. The SMILES string of the molecule is CC(C)Cc1nc(-c2cc3ccccc3[nH]2)n[nH]1. The molecular weight excluding hydrogens is 224 g/mol. The molecule has 0 spiro atoms. The fraction of sp³-hybridized carbons (Fsp3) is 0.286. The van der Waals surface area contributed by atoms with Crippen LogP contribution in [-0.4, -0.2) is 20.2 Å². The standard InChI is InChI=1S/C14H16N4/c1-9(2)7-13-16-14(18-17-13)12-8-10-5-3-4-6-11(10)15-12/h3-6,8-9,15H,7H2,1-2H3,(H,16,17,18). The number of para-hydroxylation sites is 1. The number of aromatic nitrogens is 4. The quantitative estimate of drug-likeness (QED) is 0.738. The number of nitrogens with one attached hydrogen (secondary N) is 2. The largest absolute Gasteiger partial charge is 0.352 e. The highest BCUT2D eigenvalue weighted by molar-refractivity contribution is 5.84. The summed E-state index contributed by atoms with van der Waals surface area (Å²) in [5, 5.41) is 8.45. The highest BCUT2D eigenvalue weighted by atomic mass is 15.2. The molecule has 0 saturated carbocycles. The van der Waals surface area contributed by atoms with Gasteiger partial charge in [-0.25, -0.2) is 4.98 Å². The van der Waals surface area contributed by atoms with Crippen LogP contribution in [0.3, 0.4) is 0 Å². The van der Waals surface area contributed by atoms with Crippen molar-refractivity contribution in [3.05, 3.63) is 36.2 Å². The molecule has 2 N–H and O–H groups in total. The predicted molar refractivity (Wildman–Crippen MR) is 72.2 cm³/mol. The molecule has 0 fully saturated rings. The minimum Gasteiger partial charge on any atom is -0.352 e. The van der Waals surface area contributed by atoms with Crippen LogP contribution in [0.2, 0.25) is 0 Å². The first kappa shape index (κ1) is 11.0. The summed E-state index contributed by atoms with van der Waals surface area (Å²) in [5.41, 5.74) is 2.07. The third-order valence-corrected chi connectivity index (χ3v) is 2.90. The van der Waals surface area contributed by atoms with E-state index >= 15 is 0 Å². The van der Waals surface area contributed by atoms with Crippen molar-refractivity contribution in [3.8, 4) is 11.5 Å². The molecule has 0 bridgehead atoms. The van der Waals surface area contributed by atoms with Gasteiger partial charge in [-0.3, -0.25) is 5.10 Å². The van der Waals surface area contributed by atoms with E-state index < -0.39 is 0 Å². The van der Waals surface area contributed by atoms with E-state index in [0.717, 1.165) is 29.3 Å². The first-order valence-corrected chi connectivity index (χ1v) is 6.22. The van der Waals surface area contributed by atoms with Crippen LogP contribution in [0.25, 0.3) is 22.4 Å². The van der Waals surface area contributed by atoms with Gasteiger partial charge < -0.3 is 4.98 Å². The number of H-pyrrole nitrogens is 2. The van der Waals surface area contributed by atoms with E-state index in [1.54, 1.807) is 0 Å². The minimum absolute atomic E-state index is 0.577. The summed E-state index contributed by atoms with van der Waals surface area (Å²) in [7, 11) is 0. The molecule has 0 aliphatic rings. The first-order valence-electron chi connectivity index (χ1n) is 6.22. The Kier molecular flexibility index (Phi) is 2.63. The summed E-state index contributed by atoms with van der Waals surface area (Å²) < 4.78 is 0. The second-order valence-corrected chi connectivity index (χ2v) is 4.97. The van der Waals surface area contributed by atoms with Crippen LogP contribution in [0.4, 0.5) is 0 Å². The Morgan fingerprint density at radius 3 is 2.83 bits per heavy atom. The van der Waals surface area contributed by atoms with Gasteiger partial charge in [0.1, 0.15) is 5.82 Å². The third kappa shape index (κ3) is 2.01. The third-order valence-electron chi connectivity index (χ3n) is 2.90. The molecular formula is C14H16N4. The minimum atomic E-state index is 0.577. The summed E-state index contributed by atoms with van der Waals surface area (Å²) in [6.07, 6.45) is 0.924. The van der Waals surface area contributed by atoms with Crippen LogP contribution < -0.4 is 0 Å². The van der Waals surface area contributed by atoms with Crippen molar-refractivity contribution in [3.63, 3.8) is 0 Å². The monoisotopic (exact) mass is 240 g/mol. The molecule has 3 aromatic rings. The van der Waals surface area contributed by atoms with Crippen molar-refractivity contribution in [2.45, 2.75) is 20.3 Å². The van der Waals surface area contributed by atoms with Gasteiger partial charge in [0, 0.05) is 17.3 Å². The Labute approximate surface area is 105 Å². The average molecular weight is 240 g/mol. The summed E-state index contributed by atoms with van der Waals surface area (Å²) in [6.45, 7) is 4.34. The Morgan fingerprint density at radius 2 is 2.06 bits per heavy atom. The average Bonchev–Trinajstić information content (AvgIpc) is 2.93. The van der Waals surface area contributed by atoms with Crippen LogP contribution in [0.1, 0.15) is 19.7 Å². The van der Waals surface area contributed by atoms with Gasteiger partial charge in [-0.2, -0.15) is 5.10 Å². The van der Waals surface area contributed by atoms with Gasteiger partial charge in [-0.1, -0.05) is 32.0 Å². The molecule has 0 aliphatic carbocycles. The van der Waals surface area contributed by atoms with Crippen LogP contribution in [-0.2, 0) is 6.42 Å². The number of benzene rings is 1. The van der Waals surface area contributed by atoms with E-state index in [4.69, 9.17) is 0 Å². The zero-order valence-corrected chi connectivity index (χ0v) is 10.6. The summed E-state index contributed by atoms with van der Waals surface area (Å²) >= 11 is 0. The number of rotatable bonds is 3. The van der Waals surface area contributed by atoms with E-state index in [2.05, 4.69) is 52.2 Å². The predicted octanol–water partition coefficient (Wildman–Crippen LogP) is 3.15. The second kappa shape index (κ2) is 4.29. The molecule has 92 valence electrons. The van der Waals surface area contributed by atoms with E-state index in [1.165, 1.54) is 5.39 Å². The van der Waals surface area contributed by atoms with E-state index in [9.17, 15) is 0 Å². The van der Waals surface area contributed by atoms with E-state index in [0.29, 0.717) is 5.92 Å². The number of aromatic amines is 2. The van der Waals surface area contributed by atoms with Crippen LogP contribution in [0.15, 0.2) is 30.3 Å². The van der Waals surface area contributed by atoms with Crippen LogP contribution in [0.5, 0.6) is 0 Å². The Balaban J connectivity index is 1.96. The van der Waals surface area contributed by atoms with E-state index in [1.807, 2.05) is 12.1 Å². The Morgan fingerprint density at radius 1 is 1.22 bits per heavy atom. The fourth-order valence-corrected chi connectivity index (χ4v) is 2.09. The highest BCUT2D eigenvalue weighted by Crippen LogP contribution is 2.21. The van der Waals surface area contributed by atoms with Gasteiger partial charge >= 0.3 is 0 Å². The molecule has 0 amide bonds. The smallest absolute Gasteiger partial charge is 0.197 e. The zero-order chi connectivity index (χ0) is 12.5. The molecule has 18 heavy (non-hydrogen) atoms. The van der Waals surface area contributed by atoms with Gasteiger partial charge in [0.2, 0.25) is 0 Å². The normalized spacial score (nSPS) is 11.5. The summed E-state index contributed by atoms with van der Waals surface area (Å²) in [4.78, 5) is 7.85.